The Kier molecular flexibility index (Phi) is 8.22. The summed E-state index contributed by atoms with van der Waals surface area (Å²) in [5, 5.41) is 13.8. The average Bonchev–Trinajstić information content (AvgIpc) is 3.43. The van der Waals surface area contributed by atoms with Gasteiger partial charge in [0.05, 0.1) is 18.1 Å². The highest BCUT2D eigenvalue weighted by atomic mass is 32.2. The van der Waals surface area contributed by atoms with Crippen LogP contribution in [0.15, 0.2) is 84.0 Å². The molecule has 6 rings (SSSR count). The van der Waals surface area contributed by atoms with Crippen LogP contribution in [-0.4, -0.2) is 66.6 Å². The molecule has 10 heteroatoms. The zero-order valence-electron chi connectivity index (χ0n) is 25.7. The van der Waals surface area contributed by atoms with Crippen molar-refractivity contribution in [1.29, 1.82) is 0 Å². The van der Waals surface area contributed by atoms with Crippen LogP contribution in [0.2, 0.25) is 0 Å². The summed E-state index contributed by atoms with van der Waals surface area (Å²) in [6, 6.07) is 19.9. The number of pyridine rings is 1. The number of aromatic nitrogens is 2. The molecule has 1 amide bonds. The maximum Gasteiger partial charge on any atom is 0.269 e. The van der Waals surface area contributed by atoms with Crippen LogP contribution >= 0.6 is 0 Å². The van der Waals surface area contributed by atoms with Crippen LogP contribution < -0.4 is 10.1 Å². The van der Waals surface area contributed by atoms with Crippen LogP contribution in [0.25, 0.3) is 33.3 Å². The van der Waals surface area contributed by atoms with E-state index in [9.17, 15) is 18.3 Å². The third-order valence-corrected chi connectivity index (χ3v) is 9.90. The Hall–Kier alpha value is -4.51. The number of ether oxygens (including phenoxy) is 1. The molecule has 0 spiro atoms. The fourth-order valence-corrected chi connectivity index (χ4v) is 7.22. The molecule has 1 aliphatic heterocycles. The Morgan fingerprint density at radius 3 is 2.49 bits per heavy atom. The van der Waals surface area contributed by atoms with Gasteiger partial charge in [-0.2, -0.15) is 0 Å². The minimum absolute atomic E-state index is 0.163. The zero-order valence-corrected chi connectivity index (χ0v) is 26.6. The number of amides is 1. The first-order valence-electron chi connectivity index (χ1n) is 14.8. The second-order valence-electron chi connectivity index (χ2n) is 11.6. The van der Waals surface area contributed by atoms with E-state index in [1.54, 1.807) is 82.0 Å². The first-order chi connectivity index (χ1) is 21.6. The molecule has 1 aliphatic rings. The van der Waals surface area contributed by atoms with Gasteiger partial charge in [-0.05, 0) is 91.5 Å². The molecule has 0 unspecified atom stereocenters. The van der Waals surface area contributed by atoms with E-state index in [-0.39, 0.29) is 17.3 Å². The molecule has 0 saturated heterocycles. The molecule has 232 valence electrons. The van der Waals surface area contributed by atoms with Crippen LogP contribution in [0.3, 0.4) is 0 Å². The average molecular weight is 625 g/mol. The largest absolute Gasteiger partial charge is 0.496 e. The van der Waals surface area contributed by atoms with Crippen LogP contribution in [-0.2, 0) is 23.0 Å². The number of nitrogens with zero attached hydrogens (tertiary/aromatic N) is 3. The van der Waals surface area contributed by atoms with E-state index in [1.165, 1.54) is 14.4 Å². The summed E-state index contributed by atoms with van der Waals surface area (Å²) in [6.07, 6.45) is 3.54. The number of aryl methyl sites for hydroxylation is 1. The highest BCUT2D eigenvalue weighted by molar-refractivity contribution is 7.90. The molecule has 3 aromatic carbocycles. The number of hydrogen-bond donors (Lipinski definition) is 2. The number of aliphatic hydroxyl groups is 1. The van der Waals surface area contributed by atoms with Gasteiger partial charge in [0, 0.05) is 54.6 Å². The number of hydrogen-bond acceptors (Lipinski definition) is 7. The van der Waals surface area contributed by atoms with Crippen LogP contribution in [0.5, 0.6) is 5.75 Å². The number of benzene rings is 3. The number of methoxy groups -OCH3 is 1. The first kappa shape index (κ1) is 30.5. The van der Waals surface area contributed by atoms with Crippen molar-refractivity contribution < 1.29 is 23.1 Å². The third-order valence-electron chi connectivity index (χ3n) is 8.24. The molecule has 2 N–H and O–H groups in total. The zero-order chi connectivity index (χ0) is 31.9. The van der Waals surface area contributed by atoms with Crippen LogP contribution in [0.4, 0.5) is 0 Å². The van der Waals surface area contributed by atoms with Gasteiger partial charge >= 0.3 is 0 Å². The van der Waals surface area contributed by atoms with E-state index in [0.29, 0.717) is 22.2 Å². The van der Waals surface area contributed by atoms with Crippen molar-refractivity contribution in [3.05, 3.63) is 101 Å². The maximum atomic E-state index is 13.9. The highest BCUT2D eigenvalue weighted by Gasteiger charge is 2.24. The molecule has 2 aromatic heterocycles. The highest BCUT2D eigenvalue weighted by Crippen LogP contribution is 2.37. The monoisotopic (exact) mass is 624 g/mol. The summed E-state index contributed by atoms with van der Waals surface area (Å²) in [5.74, 6) is 0.608. The van der Waals surface area contributed by atoms with Crippen molar-refractivity contribution in [2.45, 2.75) is 37.8 Å². The number of fused-ring (bicyclic) bond motifs is 2. The fraction of sp³-hybridized carbons (Fsp3) is 0.257. The second-order valence-corrected chi connectivity index (χ2v) is 13.4. The molecular formula is C35H36N4O5S. The van der Waals surface area contributed by atoms with Gasteiger partial charge in [-0.3, -0.25) is 4.79 Å². The summed E-state index contributed by atoms with van der Waals surface area (Å²) < 4.78 is 34.9. The lowest BCUT2D eigenvalue weighted by molar-refractivity contribution is 0.0703. The Labute approximate surface area is 263 Å². The Balaban J connectivity index is 1.50. The van der Waals surface area contributed by atoms with E-state index in [2.05, 4.69) is 11.4 Å². The maximum absolute atomic E-state index is 13.9. The van der Waals surface area contributed by atoms with Crippen molar-refractivity contribution in [2.75, 3.05) is 27.2 Å². The lowest BCUT2D eigenvalue weighted by Gasteiger charge is -2.21. The second kappa shape index (κ2) is 12.1. The smallest absolute Gasteiger partial charge is 0.269 e. The summed E-state index contributed by atoms with van der Waals surface area (Å²) in [7, 11) is -0.654. The molecule has 1 atom stereocenters. The third kappa shape index (κ3) is 5.84. The molecule has 0 saturated carbocycles. The summed E-state index contributed by atoms with van der Waals surface area (Å²) >= 11 is 0. The van der Waals surface area contributed by atoms with E-state index >= 15 is 0 Å². The van der Waals surface area contributed by atoms with E-state index < -0.39 is 16.1 Å². The molecular weight excluding hydrogens is 588 g/mol. The molecule has 3 heterocycles. The Bertz CT molecular complexity index is 1980. The predicted molar refractivity (Wildman–Crippen MR) is 175 cm³/mol. The molecule has 0 aliphatic carbocycles. The summed E-state index contributed by atoms with van der Waals surface area (Å²) in [6.45, 7) is 5.38. The number of likely N-dealkylation sites (N-methyl/N-ethyl adjacent to an activating group) is 1. The van der Waals surface area contributed by atoms with Gasteiger partial charge in [0.15, 0.2) is 5.65 Å². The van der Waals surface area contributed by atoms with Gasteiger partial charge in [-0.15, -0.1) is 0 Å². The van der Waals surface area contributed by atoms with Gasteiger partial charge in [0.1, 0.15) is 5.75 Å². The van der Waals surface area contributed by atoms with Gasteiger partial charge < -0.3 is 20.1 Å². The molecule has 9 nitrogen and oxygen atoms in total. The standard InChI is InChI=1S/C35H36N4O5S/c1-22-5-11-29(12-6-22)45(42,43)39-21-32(24-7-9-25(10-8-24)35(41)38(3)20-23(2)40)31-16-27(19-37-34(31)39)26-15-28-18-36-14-13-30(28)33(17-26)44-4/h5-12,15-17,19,21,23,36,40H,13-14,18,20H2,1-4H3/t23-/m0/s1. The fourth-order valence-electron chi connectivity index (χ4n) is 5.90. The topological polar surface area (TPSA) is 114 Å². The van der Waals surface area contributed by atoms with Crippen molar-refractivity contribution >= 4 is 27.0 Å². The quantitative estimate of drug-likeness (QED) is 0.249. The number of carbonyl (C=O) groups excluding carboxylic acids is 1. The van der Waals surface area contributed by atoms with Gasteiger partial charge in [0.2, 0.25) is 0 Å². The number of aliphatic hydroxyl groups excluding tert-OH is 1. The minimum Gasteiger partial charge on any atom is -0.496 e. The van der Waals surface area contributed by atoms with E-state index in [1.807, 2.05) is 19.1 Å². The SMILES string of the molecule is COc1cc(-c2cnc3c(c2)c(-c2ccc(C(=O)N(C)C[C@H](C)O)cc2)cn3S(=O)(=O)c2ccc(C)cc2)cc2c1CCNC2. The summed E-state index contributed by atoms with van der Waals surface area (Å²) in [5.41, 5.74) is 7.23. The summed E-state index contributed by atoms with van der Waals surface area (Å²) in [4.78, 5) is 19.3. The normalized spacial score (nSPS) is 13.8. The molecule has 0 fully saturated rings. The lowest BCUT2D eigenvalue weighted by Crippen LogP contribution is -2.32. The van der Waals surface area contributed by atoms with Crippen molar-refractivity contribution in [1.82, 2.24) is 19.2 Å². The molecule has 0 radical (unpaired) electrons. The Morgan fingerprint density at radius 2 is 1.80 bits per heavy atom. The Morgan fingerprint density at radius 1 is 1.07 bits per heavy atom. The van der Waals surface area contributed by atoms with Crippen LogP contribution in [0, 0.1) is 6.92 Å². The van der Waals surface area contributed by atoms with Crippen molar-refractivity contribution in [3.8, 4) is 28.0 Å². The molecule has 5 aromatic rings. The number of carbonyl (C=O) groups is 1. The molecule has 0 bridgehead atoms. The van der Waals surface area contributed by atoms with Crippen molar-refractivity contribution in [3.63, 3.8) is 0 Å². The predicted octanol–water partition coefficient (Wildman–Crippen LogP) is 5.02. The van der Waals surface area contributed by atoms with E-state index in [0.717, 1.165) is 53.1 Å². The minimum atomic E-state index is -3.97. The van der Waals surface area contributed by atoms with Gasteiger partial charge in [0.25, 0.3) is 15.9 Å². The number of nitrogens with one attached hydrogen (secondary N) is 1. The number of rotatable bonds is 8. The molecule has 45 heavy (non-hydrogen) atoms. The first-order valence-corrected chi connectivity index (χ1v) is 16.3. The van der Waals surface area contributed by atoms with Crippen LogP contribution in [0.1, 0.15) is 34.0 Å². The van der Waals surface area contributed by atoms with E-state index in [4.69, 9.17) is 9.72 Å². The lowest BCUT2D eigenvalue weighted by atomic mass is 9.94. The van der Waals surface area contributed by atoms with Gasteiger partial charge in [-0.25, -0.2) is 17.4 Å². The van der Waals surface area contributed by atoms with Gasteiger partial charge in [-0.1, -0.05) is 29.8 Å². The van der Waals surface area contributed by atoms with Crippen molar-refractivity contribution in [2.24, 2.45) is 0 Å².